The van der Waals surface area contributed by atoms with Gasteiger partial charge in [-0.05, 0) is 43.5 Å². The molecule has 0 aliphatic carbocycles. The summed E-state index contributed by atoms with van der Waals surface area (Å²) < 4.78 is 20.5. The molecule has 3 aromatic rings. The van der Waals surface area contributed by atoms with Crippen molar-refractivity contribution in [1.82, 2.24) is 10.2 Å². The molecule has 3 aromatic carbocycles. The van der Waals surface area contributed by atoms with Crippen LogP contribution < -0.4 is 10.1 Å². The number of rotatable bonds is 12. The molecule has 0 aliphatic rings. The predicted octanol–water partition coefficient (Wildman–Crippen LogP) is 5.38. The first-order valence-corrected chi connectivity index (χ1v) is 12.4. The Morgan fingerprint density at radius 2 is 1.72 bits per heavy atom. The summed E-state index contributed by atoms with van der Waals surface area (Å²) >= 11 is 0. The van der Waals surface area contributed by atoms with Crippen LogP contribution in [0, 0.1) is 19.7 Å². The average molecular weight is 491 g/mol. The van der Waals surface area contributed by atoms with Gasteiger partial charge in [0, 0.05) is 25.1 Å². The third kappa shape index (κ3) is 7.67. The Labute approximate surface area is 213 Å². The molecule has 0 saturated carbocycles. The fourth-order valence-corrected chi connectivity index (χ4v) is 4.05. The van der Waals surface area contributed by atoms with Crippen molar-refractivity contribution in [2.45, 2.75) is 52.6 Å². The molecule has 0 bridgehead atoms. The summed E-state index contributed by atoms with van der Waals surface area (Å²) in [5.41, 5.74) is 3.27. The lowest BCUT2D eigenvalue weighted by Gasteiger charge is -2.31. The van der Waals surface area contributed by atoms with Crippen molar-refractivity contribution >= 4 is 11.8 Å². The van der Waals surface area contributed by atoms with Crippen LogP contribution in [-0.2, 0) is 22.6 Å². The number of hydrogen-bond acceptors (Lipinski definition) is 3. The van der Waals surface area contributed by atoms with Gasteiger partial charge in [-0.2, -0.15) is 0 Å². The first-order valence-electron chi connectivity index (χ1n) is 12.4. The number of ether oxygens (including phenoxy) is 1. The zero-order valence-electron chi connectivity index (χ0n) is 21.3. The lowest BCUT2D eigenvalue weighted by atomic mass is 10.0. The quantitative estimate of drug-likeness (QED) is 0.347. The summed E-state index contributed by atoms with van der Waals surface area (Å²) in [5, 5.41) is 2.96. The van der Waals surface area contributed by atoms with E-state index in [1.165, 1.54) is 11.0 Å². The molecule has 0 saturated heterocycles. The fourth-order valence-electron chi connectivity index (χ4n) is 4.05. The Hall–Kier alpha value is -3.67. The topological polar surface area (TPSA) is 58.6 Å². The summed E-state index contributed by atoms with van der Waals surface area (Å²) in [6, 6.07) is 20.8. The molecule has 1 atom stereocenters. The average Bonchev–Trinajstić information content (AvgIpc) is 2.87. The van der Waals surface area contributed by atoms with Gasteiger partial charge in [-0.1, -0.05) is 79.6 Å². The molecule has 0 heterocycles. The van der Waals surface area contributed by atoms with Crippen molar-refractivity contribution in [3.8, 4) is 5.75 Å². The number of hydrogen-bond donors (Lipinski definition) is 1. The van der Waals surface area contributed by atoms with E-state index in [-0.39, 0.29) is 25.0 Å². The number of amides is 2. The fraction of sp³-hybridized carbons (Fsp3) is 0.333. The van der Waals surface area contributed by atoms with Crippen LogP contribution in [0.3, 0.4) is 0 Å². The minimum atomic E-state index is -0.820. The van der Waals surface area contributed by atoms with E-state index in [2.05, 4.69) is 5.32 Å². The van der Waals surface area contributed by atoms with E-state index in [0.29, 0.717) is 24.3 Å². The summed E-state index contributed by atoms with van der Waals surface area (Å²) in [6.07, 6.45) is 2.08. The Bertz CT molecular complexity index is 1150. The van der Waals surface area contributed by atoms with E-state index in [1.54, 1.807) is 18.2 Å². The number of benzene rings is 3. The number of carbonyl (C=O) groups is 2. The highest BCUT2D eigenvalue weighted by molar-refractivity contribution is 5.88. The largest absolute Gasteiger partial charge is 0.483 e. The van der Waals surface area contributed by atoms with E-state index in [9.17, 15) is 14.0 Å². The van der Waals surface area contributed by atoms with Crippen molar-refractivity contribution < 1.29 is 18.7 Å². The highest BCUT2D eigenvalue weighted by Gasteiger charge is 2.31. The molecular weight excluding hydrogens is 455 g/mol. The Morgan fingerprint density at radius 1 is 1.00 bits per heavy atom. The van der Waals surface area contributed by atoms with Gasteiger partial charge in [-0.25, -0.2) is 4.39 Å². The smallest absolute Gasteiger partial charge is 0.261 e. The number of nitrogens with one attached hydrogen (secondary N) is 1. The van der Waals surface area contributed by atoms with E-state index >= 15 is 0 Å². The molecule has 5 nitrogen and oxygen atoms in total. The molecule has 6 heteroatoms. The van der Waals surface area contributed by atoms with Gasteiger partial charge in [0.25, 0.3) is 5.91 Å². The molecule has 2 amide bonds. The highest BCUT2D eigenvalue weighted by Crippen LogP contribution is 2.20. The Kier molecular flexibility index (Phi) is 10.0. The van der Waals surface area contributed by atoms with E-state index < -0.39 is 11.9 Å². The SMILES string of the molecule is CCCCNC(=O)[C@H](Cc1ccccc1)N(Cc1ccccc1F)C(=O)COc1ccc(C)cc1C. The number of halogens is 1. The molecule has 1 N–H and O–H groups in total. The van der Waals surface area contributed by atoms with Crippen LogP contribution >= 0.6 is 0 Å². The molecular formula is C30H35FN2O3. The van der Waals surface area contributed by atoms with Crippen LogP contribution in [0.25, 0.3) is 0 Å². The number of carbonyl (C=O) groups excluding carboxylic acids is 2. The molecule has 0 radical (unpaired) electrons. The molecule has 0 fully saturated rings. The summed E-state index contributed by atoms with van der Waals surface area (Å²) in [5.74, 6) is -0.462. The van der Waals surface area contributed by atoms with Gasteiger partial charge < -0.3 is 15.0 Å². The van der Waals surface area contributed by atoms with Gasteiger partial charge in [0.2, 0.25) is 5.91 Å². The number of unbranched alkanes of at least 4 members (excludes halogenated alkanes) is 1. The van der Waals surface area contributed by atoms with Crippen LogP contribution in [0.5, 0.6) is 5.75 Å². The minimum Gasteiger partial charge on any atom is -0.483 e. The van der Waals surface area contributed by atoms with Crippen molar-refractivity contribution in [3.05, 3.63) is 101 Å². The molecule has 0 unspecified atom stereocenters. The van der Waals surface area contributed by atoms with Crippen LogP contribution in [0.1, 0.15) is 42.0 Å². The monoisotopic (exact) mass is 490 g/mol. The highest BCUT2D eigenvalue weighted by atomic mass is 19.1. The third-order valence-electron chi connectivity index (χ3n) is 6.08. The van der Waals surface area contributed by atoms with Crippen LogP contribution in [0.4, 0.5) is 4.39 Å². The van der Waals surface area contributed by atoms with Gasteiger partial charge >= 0.3 is 0 Å². The molecule has 36 heavy (non-hydrogen) atoms. The van der Waals surface area contributed by atoms with Crippen molar-refractivity contribution in [2.24, 2.45) is 0 Å². The molecule has 0 spiro atoms. The zero-order valence-corrected chi connectivity index (χ0v) is 21.3. The summed E-state index contributed by atoms with van der Waals surface area (Å²) in [7, 11) is 0. The molecule has 190 valence electrons. The summed E-state index contributed by atoms with van der Waals surface area (Å²) in [6.45, 7) is 6.17. The van der Waals surface area contributed by atoms with Crippen molar-refractivity contribution in [1.29, 1.82) is 0 Å². The van der Waals surface area contributed by atoms with E-state index in [0.717, 1.165) is 29.5 Å². The Balaban J connectivity index is 1.90. The number of nitrogens with zero attached hydrogens (tertiary/aromatic N) is 1. The van der Waals surface area contributed by atoms with Gasteiger partial charge in [0.05, 0.1) is 0 Å². The van der Waals surface area contributed by atoms with E-state index in [4.69, 9.17) is 4.74 Å². The second-order valence-corrected chi connectivity index (χ2v) is 9.02. The van der Waals surface area contributed by atoms with Gasteiger partial charge in [0.1, 0.15) is 17.6 Å². The van der Waals surface area contributed by atoms with Gasteiger partial charge in [-0.15, -0.1) is 0 Å². The maximum absolute atomic E-state index is 14.6. The second kappa shape index (κ2) is 13.4. The van der Waals surface area contributed by atoms with Crippen LogP contribution in [0.15, 0.2) is 72.8 Å². The zero-order chi connectivity index (χ0) is 25.9. The van der Waals surface area contributed by atoms with Gasteiger partial charge in [-0.3, -0.25) is 9.59 Å². The maximum Gasteiger partial charge on any atom is 0.261 e. The number of aryl methyl sites for hydroxylation is 2. The minimum absolute atomic E-state index is 0.0412. The second-order valence-electron chi connectivity index (χ2n) is 9.02. The first kappa shape index (κ1) is 26.9. The van der Waals surface area contributed by atoms with Crippen LogP contribution in [-0.4, -0.2) is 35.9 Å². The molecule has 0 aromatic heterocycles. The lowest BCUT2D eigenvalue weighted by molar-refractivity contribution is -0.142. The van der Waals surface area contributed by atoms with Crippen molar-refractivity contribution in [3.63, 3.8) is 0 Å². The lowest BCUT2D eigenvalue weighted by Crippen LogP contribution is -2.52. The Morgan fingerprint density at radius 3 is 2.42 bits per heavy atom. The standard InChI is InChI=1S/C30H35FN2O3/c1-4-5-17-32-30(35)27(19-24-11-7-6-8-12-24)33(20-25-13-9-10-14-26(25)31)29(34)21-36-28-16-15-22(2)18-23(28)3/h6-16,18,27H,4-5,17,19-21H2,1-3H3,(H,32,35)/t27-/m0/s1. The summed E-state index contributed by atoms with van der Waals surface area (Å²) in [4.78, 5) is 28.4. The molecule has 0 aliphatic heterocycles. The van der Waals surface area contributed by atoms with Gasteiger partial charge in [0.15, 0.2) is 6.61 Å². The predicted molar refractivity (Wildman–Crippen MR) is 140 cm³/mol. The molecule has 3 rings (SSSR count). The van der Waals surface area contributed by atoms with E-state index in [1.807, 2.05) is 69.3 Å². The third-order valence-corrected chi connectivity index (χ3v) is 6.08. The van der Waals surface area contributed by atoms with Crippen molar-refractivity contribution in [2.75, 3.05) is 13.2 Å². The maximum atomic E-state index is 14.6. The van der Waals surface area contributed by atoms with Crippen LogP contribution in [0.2, 0.25) is 0 Å². The first-order chi connectivity index (χ1) is 17.4. The normalized spacial score (nSPS) is 11.6.